The lowest BCUT2D eigenvalue weighted by Gasteiger charge is -2.24. The molecule has 2 amide bonds. The highest BCUT2D eigenvalue weighted by molar-refractivity contribution is 9.10. The van der Waals surface area contributed by atoms with Crippen LogP contribution in [0, 0.1) is 12.3 Å². The molecule has 0 saturated heterocycles. The Labute approximate surface area is 128 Å². The van der Waals surface area contributed by atoms with Crippen molar-refractivity contribution >= 4 is 33.4 Å². The lowest BCUT2D eigenvalue weighted by Crippen LogP contribution is -2.47. The Balaban J connectivity index is 2.86. The van der Waals surface area contributed by atoms with Crippen LogP contribution >= 0.6 is 15.9 Å². The van der Waals surface area contributed by atoms with E-state index in [-0.39, 0.29) is 17.9 Å². The number of halogens is 1. The van der Waals surface area contributed by atoms with Crippen LogP contribution in [-0.2, 0) is 9.59 Å². The lowest BCUT2D eigenvalue weighted by atomic mass is 9.90. The minimum atomic E-state index is -1.12. The van der Waals surface area contributed by atoms with Crippen LogP contribution in [-0.4, -0.2) is 17.9 Å². The maximum atomic E-state index is 12.3. The maximum Gasteiger partial charge on any atom is 0.239 e. The molecule has 0 heterocycles. The number of nitrogens with one attached hydrogen (secondary N) is 2. The van der Waals surface area contributed by atoms with Crippen molar-refractivity contribution in [3.63, 3.8) is 0 Å². The maximum absolute atomic E-state index is 12.3. The van der Waals surface area contributed by atoms with Crippen molar-refractivity contribution in [2.24, 2.45) is 5.41 Å². The van der Waals surface area contributed by atoms with E-state index >= 15 is 0 Å². The molecule has 1 aromatic carbocycles. The van der Waals surface area contributed by atoms with Gasteiger partial charge in [0.25, 0.3) is 0 Å². The van der Waals surface area contributed by atoms with E-state index in [1.54, 1.807) is 13.8 Å². The lowest BCUT2D eigenvalue weighted by molar-refractivity contribution is -0.138. The number of hydrogen-bond donors (Lipinski definition) is 2. The summed E-state index contributed by atoms with van der Waals surface area (Å²) in [5, 5.41) is 5.58. The molecule has 0 radical (unpaired) electrons. The summed E-state index contributed by atoms with van der Waals surface area (Å²) in [6.45, 7) is 8.87. The van der Waals surface area contributed by atoms with Crippen LogP contribution in [0.5, 0.6) is 0 Å². The summed E-state index contributed by atoms with van der Waals surface area (Å²) in [6.07, 6.45) is 0. The zero-order valence-electron chi connectivity index (χ0n) is 12.5. The van der Waals surface area contributed by atoms with E-state index in [4.69, 9.17) is 0 Å². The Hall–Kier alpha value is -1.36. The summed E-state index contributed by atoms with van der Waals surface area (Å²) >= 11 is 3.38. The first-order chi connectivity index (χ1) is 9.14. The van der Waals surface area contributed by atoms with E-state index in [9.17, 15) is 9.59 Å². The van der Waals surface area contributed by atoms with Gasteiger partial charge in [0.15, 0.2) is 0 Å². The fraction of sp³-hybridized carbons (Fsp3) is 0.467. The van der Waals surface area contributed by atoms with Gasteiger partial charge in [-0.25, -0.2) is 0 Å². The minimum Gasteiger partial charge on any atom is -0.353 e. The van der Waals surface area contributed by atoms with Gasteiger partial charge in [-0.2, -0.15) is 0 Å². The highest BCUT2D eigenvalue weighted by Crippen LogP contribution is 2.23. The van der Waals surface area contributed by atoms with Crippen LogP contribution in [0.3, 0.4) is 0 Å². The van der Waals surface area contributed by atoms with Gasteiger partial charge in [0.1, 0.15) is 5.41 Å². The number of carbonyl (C=O) groups excluding carboxylic acids is 2. The van der Waals surface area contributed by atoms with E-state index in [2.05, 4.69) is 26.6 Å². The molecule has 0 fully saturated rings. The number of rotatable bonds is 4. The SMILES string of the molecule is Cc1cc(Br)ccc1NC(=O)C(C)(C)C(=O)NC(C)C. The standard InChI is InChI=1S/C15H21BrN2O2/c1-9(2)17-13(19)15(4,5)14(20)18-12-7-6-11(16)8-10(12)3/h6-9H,1-5H3,(H,17,19)(H,18,20). The van der Waals surface area contributed by atoms with Crippen molar-refractivity contribution in [2.75, 3.05) is 5.32 Å². The highest BCUT2D eigenvalue weighted by Gasteiger charge is 2.36. The number of hydrogen-bond acceptors (Lipinski definition) is 2. The summed E-state index contributed by atoms with van der Waals surface area (Å²) in [7, 11) is 0. The third-order valence-corrected chi connectivity index (χ3v) is 3.48. The average molecular weight is 341 g/mol. The largest absolute Gasteiger partial charge is 0.353 e. The molecule has 1 aromatic rings. The monoisotopic (exact) mass is 340 g/mol. The van der Waals surface area contributed by atoms with Gasteiger partial charge >= 0.3 is 0 Å². The second kappa shape index (κ2) is 6.39. The molecule has 0 unspecified atom stereocenters. The van der Waals surface area contributed by atoms with Gasteiger partial charge in [-0.15, -0.1) is 0 Å². The third-order valence-electron chi connectivity index (χ3n) is 2.99. The van der Waals surface area contributed by atoms with E-state index < -0.39 is 5.41 Å². The van der Waals surface area contributed by atoms with Gasteiger partial charge in [-0.3, -0.25) is 9.59 Å². The van der Waals surface area contributed by atoms with Gasteiger partial charge in [0.2, 0.25) is 11.8 Å². The van der Waals surface area contributed by atoms with Crippen LogP contribution in [0.4, 0.5) is 5.69 Å². The molecule has 0 atom stereocenters. The molecule has 0 bridgehead atoms. The molecule has 0 spiro atoms. The van der Waals surface area contributed by atoms with Crippen molar-refractivity contribution in [1.82, 2.24) is 5.32 Å². The number of amides is 2. The van der Waals surface area contributed by atoms with Gasteiger partial charge in [0.05, 0.1) is 0 Å². The molecule has 4 nitrogen and oxygen atoms in total. The normalized spacial score (nSPS) is 11.3. The van der Waals surface area contributed by atoms with Crippen molar-refractivity contribution in [1.29, 1.82) is 0 Å². The first-order valence-electron chi connectivity index (χ1n) is 6.53. The fourth-order valence-electron chi connectivity index (χ4n) is 1.59. The second-order valence-electron chi connectivity index (χ2n) is 5.67. The van der Waals surface area contributed by atoms with Crippen molar-refractivity contribution in [3.05, 3.63) is 28.2 Å². The molecular weight excluding hydrogens is 320 g/mol. The number of benzene rings is 1. The first-order valence-corrected chi connectivity index (χ1v) is 7.32. The average Bonchev–Trinajstić information content (AvgIpc) is 2.31. The molecule has 110 valence electrons. The minimum absolute atomic E-state index is 0.00370. The zero-order valence-corrected chi connectivity index (χ0v) is 14.1. The molecule has 2 N–H and O–H groups in total. The summed E-state index contributed by atoms with van der Waals surface area (Å²) < 4.78 is 0.949. The summed E-state index contributed by atoms with van der Waals surface area (Å²) in [5.41, 5.74) is 0.528. The predicted octanol–water partition coefficient (Wildman–Crippen LogP) is 3.25. The van der Waals surface area contributed by atoms with Crippen molar-refractivity contribution in [3.8, 4) is 0 Å². The number of anilines is 1. The molecule has 5 heteroatoms. The number of aryl methyl sites for hydroxylation is 1. The molecule has 0 aromatic heterocycles. The molecule has 0 aliphatic heterocycles. The van der Waals surface area contributed by atoms with E-state index in [0.717, 1.165) is 10.0 Å². The van der Waals surface area contributed by atoms with Crippen LogP contribution in [0.1, 0.15) is 33.3 Å². The van der Waals surface area contributed by atoms with Gasteiger partial charge in [-0.1, -0.05) is 15.9 Å². The Morgan fingerprint density at radius 2 is 1.80 bits per heavy atom. The van der Waals surface area contributed by atoms with Crippen LogP contribution in [0.15, 0.2) is 22.7 Å². The summed E-state index contributed by atoms with van der Waals surface area (Å²) in [6, 6.07) is 5.58. The van der Waals surface area contributed by atoms with Crippen LogP contribution in [0.25, 0.3) is 0 Å². The van der Waals surface area contributed by atoms with E-state index in [0.29, 0.717) is 5.69 Å². The molecule has 1 rings (SSSR count). The molecule has 20 heavy (non-hydrogen) atoms. The number of carbonyl (C=O) groups is 2. The van der Waals surface area contributed by atoms with Gasteiger partial charge < -0.3 is 10.6 Å². The molecule has 0 aliphatic rings. The smallest absolute Gasteiger partial charge is 0.239 e. The first kappa shape index (κ1) is 16.7. The zero-order chi connectivity index (χ0) is 15.5. The predicted molar refractivity (Wildman–Crippen MR) is 84.6 cm³/mol. The van der Waals surface area contributed by atoms with Crippen LogP contribution in [0.2, 0.25) is 0 Å². The second-order valence-corrected chi connectivity index (χ2v) is 6.58. The van der Waals surface area contributed by atoms with Crippen molar-refractivity contribution < 1.29 is 9.59 Å². The molecular formula is C15H21BrN2O2. The van der Waals surface area contributed by atoms with Crippen LogP contribution < -0.4 is 10.6 Å². The Morgan fingerprint density at radius 3 is 2.30 bits per heavy atom. The highest BCUT2D eigenvalue weighted by atomic mass is 79.9. The van der Waals surface area contributed by atoms with E-state index in [1.807, 2.05) is 39.0 Å². The summed E-state index contributed by atoms with van der Waals surface area (Å²) in [5.74, 6) is -0.596. The Bertz CT molecular complexity index is 525. The van der Waals surface area contributed by atoms with Crippen molar-refractivity contribution in [2.45, 2.75) is 40.7 Å². The third kappa shape index (κ3) is 4.07. The fourth-order valence-corrected chi connectivity index (χ4v) is 2.07. The quantitative estimate of drug-likeness (QED) is 0.826. The summed E-state index contributed by atoms with van der Waals surface area (Å²) in [4.78, 5) is 24.4. The molecule has 0 aliphatic carbocycles. The Morgan fingerprint density at radius 1 is 1.20 bits per heavy atom. The van der Waals surface area contributed by atoms with E-state index in [1.165, 1.54) is 0 Å². The Kier molecular flexibility index (Phi) is 5.34. The van der Waals surface area contributed by atoms with Gasteiger partial charge in [-0.05, 0) is 58.4 Å². The topological polar surface area (TPSA) is 58.2 Å². The van der Waals surface area contributed by atoms with Gasteiger partial charge in [0, 0.05) is 16.2 Å². The molecule has 0 saturated carbocycles.